The van der Waals surface area contributed by atoms with Crippen molar-refractivity contribution in [3.63, 3.8) is 0 Å². The summed E-state index contributed by atoms with van der Waals surface area (Å²) >= 11 is 0. The van der Waals surface area contributed by atoms with Gasteiger partial charge in [-0.3, -0.25) is 4.79 Å². The first-order valence-electron chi connectivity index (χ1n) is 7.19. The van der Waals surface area contributed by atoms with Gasteiger partial charge in [-0.15, -0.1) is 0 Å². The fourth-order valence-corrected chi connectivity index (χ4v) is 2.24. The number of hydrogen-bond acceptors (Lipinski definition) is 1. The second-order valence-electron chi connectivity index (χ2n) is 4.97. The molecule has 3 nitrogen and oxygen atoms in total. The molecule has 0 atom stereocenters. The number of aryl methyl sites for hydroxylation is 2. The molecule has 3 N–H and O–H groups in total. The third-order valence-electron chi connectivity index (χ3n) is 3.34. The minimum absolute atomic E-state index is 0.353. The van der Waals surface area contributed by atoms with Crippen LogP contribution in [0.1, 0.15) is 74.1 Å². The number of nitrogens with one attached hydrogen (secondary N) is 1. The van der Waals surface area contributed by atoms with E-state index in [2.05, 4.69) is 18.8 Å². The van der Waals surface area contributed by atoms with Crippen molar-refractivity contribution >= 4 is 5.91 Å². The first-order chi connectivity index (χ1) is 8.69. The van der Waals surface area contributed by atoms with Crippen molar-refractivity contribution in [2.24, 2.45) is 5.73 Å². The first-order valence-corrected chi connectivity index (χ1v) is 7.19. The molecule has 0 saturated carbocycles. The number of aromatic nitrogens is 1. The predicted octanol–water partition coefficient (Wildman–Crippen LogP) is 3.58. The van der Waals surface area contributed by atoms with Gasteiger partial charge >= 0.3 is 0 Å². The number of aromatic amines is 1. The second kappa shape index (κ2) is 7.96. The van der Waals surface area contributed by atoms with Crippen LogP contribution in [0.5, 0.6) is 0 Å². The van der Waals surface area contributed by atoms with Crippen molar-refractivity contribution in [1.82, 2.24) is 4.98 Å². The lowest BCUT2D eigenvalue weighted by Gasteiger charge is -2.03. The Labute approximate surface area is 110 Å². The lowest BCUT2D eigenvalue weighted by molar-refractivity contribution is 0.0996. The van der Waals surface area contributed by atoms with E-state index in [1.165, 1.54) is 49.8 Å². The van der Waals surface area contributed by atoms with Crippen molar-refractivity contribution in [2.45, 2.75) is 65.2 Å². The highest BCUT2D eigenvalue weighted by Crippen LogP contribution is 2.17. The molecular weight excluding hydrogens is 224 g/mol. The van der Waals surface area contributed by atoms with E-state index in [1.807, 2.05) is 6.07 Å². The molecule has 0 spiro atoms. The zero-order chi connectivity index (χ0) is 13.4. The summed E-state index contributed by atoms with van der Waals surface area (Å²) in [6.45, 7) is 4.40. The average molecular weight is 250 g/mol. The lowest BCUT2D eigenvalue weighted by atomic mass is 10.0. The number of carbonyl (C=O) groups is 1. The van der Waals surface area contributed by atoms with Gasteiger partial charge in [0.25, 0.3) is 5.91 Å². The van der Waals surface area contributed by atoms with E-state index in [0.29, 0.717) is 5.69 Å². The Balaban J connectivity index is 2.67. The van der Waals surface area contributed by atoms with E-state index in [-0.39, 0.29) is 5.91 Å². The summed E-state index contributed by atoms with van der Waals surface area (Å²) in [5.74, 6) is -0.353. The summed E-state index contributed by atoms with van der Waals surface area (Å²) in [7, 11) is 0. The molecule has 3 heteroatoms. The molecule has 0 fully saturated rings. The van der Waals surface area contributed by atoms with Crippen molar-refractivity contribution < 1.29 is 4.79 Å². The standard InChI is InChI=1S/C15H26N2O/c1-3-5-7-9-12-11-14(15(16)18)17-13(12)10-8-6-4-2/h11,17H,3-10H2,1-2H3,(H2,16,18). The van der Waals surface area contributed by atoms with E-state index in [1.54, 1.807) is 0 Å². The monoisotopic (exact) mass is 250 g/mol. The van der Waals surface area contributed by atoms with Crippen LogP contribution < -0.4 is 5.73 Å². The molecule has 0 aliphatic heterocycles. The quantitative estimate of drug-likeness (QED) is 0.647. The molecule has 1 amide bonds. The van der Waals surface area contributed by atoms with Crippen LogP contribution in [-0.4, -0.2) is 10.9 Å². The topological polar surface area (TPSA) is 58.9 Å². The molecule has 1 heterocycles. The summed E-state index contributed by atoms with van der Waals surface area (Å²) in [4.78, 5) is 14.4. The molecular formula is C15H26N2O. The fourth-order valence-electron chi connectivity index (χ4n) is 2.24. The van der Waals surface area contributed by atoms with Gasteiger partial charge in [-0.25, -0.2) is 0 Å². The van der Waals surface area contributed by atoms with Crippen molar-refractivity contribution in [2.75, 3.05) is 0 Å². The third-order valence-corrected chi connectivity index (χ3v) is 3.34. The average Bonchev–Trinajstić information content (AvgIpc) is 2.74. The summed E-state index contributed by atoms with van der Waals surface area (Å²) in [6.07, 6.45) is 9.36. The van der Waals surface area contributed by atoms with Crippen LogP contribution in [-0.2, 0) is 12.8 Å². The van der Waals surface area contributed by atoms with E-state index in [4.69, 9.17) is 5.73 Å². The van der Waals surface area contributed by atoms with Gasteiger partial charge in [0.2, 0.25) is 0 Å². The van der Waals surface area contributed by atoms with Crippen LogP contribution in [0.25, 0.3) is 0 Å². The normalized spacial score (nSPS) is 10.8. The van der Waals surface area contributed by atoms with Crippen LogP contribution in [0.4, 0.5) is 0 Å². The number of amides is 1. The van der Waals surface area contributed by atoms with Gasteiger partial charge in [0.15, 0.2) is 0 Å². The van der Waals surface area contributed by atoms with Crippen molar-refractivity contribution in [3.8, 4) is 0 Å². The number of unbranched alkanes of at least 4 members (excludes halogenated alkanes) is 4. The number of nitrogens with two attached hydrogens (primary N) is 1. The van der Waals surface area contributed by atoms with Crippen LogP contribution in [0, 0.1) is 0 Å². The highest BCUT2D eigenvalue weighted by Gasteiger charge is 2.10. The molecule has 0 aliphatic carbocycles. The lowest BCUT2D eigenvalue weighted by Crippen LogP contribution is -2.11. The SMILES string of the molecule is CCCCCc1cc(C(N)=O)[nH]c1CCCCC. The number of carbonyl (C=O) groups excluding carboxylic acids is 1. The van der Waals surface area contributed by atoms with E-state index in [9.17, 15) is 4.79 Å². The number of H-pyrrole nitrogens is 1. The smallest absolute Gasteiger partial charge is 0.265 e. The Bertz CT molecular complexity index is 341. The Morgan fingerprint density at radius 3 is 2.28 bits per heavy atom. The minimum atomic E-state index is -0.353. The molecule has 0 aromatic carbocycles. The maximum Gasteiger partial charge on any atom is 0.265 e. The van der Waals surface area contributed by atoms with Gasteiger partial charge in [-0.05, 0) is 37.3 Å². The number of primary amides is 1. The van der Waals surface area contributed by atoms with Gasteiger partial charge < -0.3 is 10.7 Å². The highest BCUT2D eigenvalue weighted by atomic mass is 16.1. The van der Waals surface area contributed by atoms with Crippen molar-refractivity contribution in [3.05, 3.63) is 23.0 Å². The van der Waals surface area contributed by atoms with Gasteiger partial charge in [-0.1, -0.05) is 39.5 Å². The van der Waals surface area contributed by atoms with Gasteiger partial charge in [0, 0.05) is 5.69 Å². The van der Waals surface area contributed by atoms with Gasteiger partial charge in [0.05, 0.1) is 0 Å². The van der Waals surface area contributed by atoms with Gasteiger partial charge in [0.1, 0.15) is 5.69 Å². The number of hydrogen-bond donors (Lipinski definition) is 2. The maximum absolute atomic E-state index is 11.2. The highest BCUT2D eigenvalue weighted by molar-refractivity contribution is 5.91. The van der Waals surface area contributed by atoms with Crippen LogP contribution in [0.3, 0.4) is 0 Å². The minimum Gasteiger partial charge on any atom is -0.364 e. The van der Waals surface area contributed by atoms with E-state index < -0.39 is 0 Å². The molecule has 0 aliphatic rings. The Hall–Kier alpha value is -1.25. The molecule has 0 unspecified atom stereocenters. The first kappa shape index (κ1) is 14.8. The maximum atomic E-state index is 11.2. The summed E-state index contributed by atoms with van der Waals surface area (Å²) in [5.41, 5.74) is 8.40. The Kier molecular flexibility index (Phi) is 6.55. The molecule has 18 heavy (non-hydrogen) atoms. The molecule has 102 valence electrons. The summed E-state index contributed by atoms with van der Waals surface area (Å²) < 4.78 is 0. The number of rotatable bonds is 9. The zero-order valence-electron chi connectivity index (χ0n) is 11.7. The molecule has 0 bridgehead atoms. The summed E-state index contributed by atoms with van der Waals surface area (Å²) in [5, 5.41) is 0. The second-order valence-corrected chi connectivity index (χ2v) is 4.97. The van der Waals surface area contributed by atoms with E-state index >= 15 is 0 Å². The molecule has 1 aromatic rings. The molecule has 1 aromatic heterocycles. The predicted molar refractivity (Wildman–Crippen MR) is 75.8 cm³/mol. The van der Waals surface area contributed by atoms with Crippen LogP contribution in [0.15, 0.2) is 6.07 Å². The molecule has 0 radical (unpaired) electrons. The van der Waals surface area contributed by atoms with Gasteiger partial charge in [-0.2, -0.15) is 0 Å². The molecule has 0 saturated heterocycles. The molecule has 1 rings (SSSR count). The third kappa shape index (κ3) is 4.55. The van der Waals surface area contributed by atoms with Crippen molar-refractivity contribution in [1.29, 1.82) is 0 Å². The van der Waals surface area contributed by atoms with Crippen LogP contribution >= 0.6 is 0 Å². The Morgan fingerprint density at radius 1 is 1.11 bits per heavy atom. The largest absolute Gasteiger partial charge is 0.364 e. The Morgan fingerprint density at radius 2 is 1.72 bits per heavy atom. The van der Waals surface area contributed by atoms with Crippen LogP contribution in [0.2, 0.25) is 0 Å². The zero-order valence-corrected chi connectivity index (χ0v) is 11.7. The van der Waals surface area contributed by atoms with E-state index in [0.717, 1.165) is 12.8 Å². The summed E-state index contributed by atoms with van der Waals surface area (Å²) in [6, 6.07) is 1.94. The fraction of sp³-hybridized carbons (Fsp3) is 0.667.